The second kappa shape index (κ2) is 6.84. The van der Waals surface area contributed by atoms with Crippen LogP contribution in [0.3, 0.4) is 0 Å². The SMILES string of the molecule is Cc1ccc(NC(=O)C2CCCN2S(=O)(=O)c2cccs2)cc1Cl. The summed E-state index contributed by atoms with van der Waals surface area (Å²) in [4.78, 5) is 12.6. The van der Waals surface area contributed by atoms with E-state index in [1.165, 1.54) is 4.31 Å². The van der Waals surface area contributed by atoms with Crippen molar-refractivity contribution in [2.24, 2.45) is 0 Å². The first kappa shape index (κ1) is 17.4. The van der Waals surface area contributed by atoms with Gasteiger partial charge in [0.25, 0.3) is 10.0 Å². The monoisotopic (exact) mass is 384 g/mol. The van der Waals surface area contributed by atoms with E-state index in [0.717, 1.165) is 16.9 Å². The number of carbonyl (C=O) groups excluding carboxylic acids is 1. The van der Waals surface area contributed by atoms with Crippen LogP contribution in [0, 0.1) is 6.92 Å². The third-order valence-corrected chi connectivity index (χ3v) is 7.69. The summed E-state index contributed by atoms with van der Waals surface area (Å²) in [5.41, 5.74) is 1.48. The molecule has 0 radical (unpaired) electrons. The molecule has 1 aliphatic heterocycles. The first-order chi connectivity index (χ1) is 11.4. The minimum Gasteiger partial charge on any atom is -0.325 e. The predicted octanol–water partition coefficient (Wildman–Crippen LogP) is 3.50. The minimum atomic E-state index is -3.63. The second-order valence-corrected chi connectivity index (χ2v) is 9.13. The van der Waals surface area contributed by atoms with Crippen LogP contribution in [0.15, 0.2) is 39.9 Å². The molecule has 1 atom stereocenters. The van der Waals surface area contributed by atoms with Gasteiger partial charge in [0.2, 0.25) is 5.91 Å². The quantitative estimate of drug-likeness (QED) is 0.877. The highest BCUT2D eigenvalue weighted by Gasteiger charge is 2.39. The number of nitrogens with one attached hydrogen (secondary N) is 1. The van der Waals surface area contributed by atoms with E-state index in [1.54, 1.807) is 29.6 Å². The number of benzene rings is 1. The maximum absolute atomic E-state index is 12.7. The van der Waals surface area contributed by atoms with Gasteiger partial charge >= 0.3 is 0 Å². The Morgan fingerprint density at radius 1 is 1.38 bits per heavy atom. The van der Waals surface area contributed by atoms with E-state index in [2.05, 4.69) is 5.32 Å². The molecule has 5 nitrogen and oxygen atoms in total. The third kappa shape index (κ3) is 3.35. The smallest absolute Gasteiger partial charge is 0.253 e. The van der Waals surface area contributed by atoms with Gasteiger partial charge in [0, 0.05) is 17.3 Å². The molecule has 0 spiro atoms. The maximum Gasteiger partial charge on any atom is 0.253 e. The molecule has 1 saturated heterocycles. The molecular formula is C16H17ClN2O3S2. The Morgan fingerprint density at radius 3 is 2.83 bits per heavy atom. The maximum atomic E-state index is 12.7. The Morgan fingerprint density at radius 2 is 2.17 bits per heavy atom. The third-order valence-electron chi connectivity index (χ3n) is 4.00. The molecule has 1 aliphatic rings. The molecule has 3 rings (SSSR count). The molecular weight excluding hydrogens is 368 g/mol. The van der Waals surface area contributed by atoms with E-state index in [-0.39, 0.29) is 10.1 Å². The normalized spacial score (nSPS) is 18.7. The number of aryl methyl sites for hydroxylation is 1. The van der Waals surface area contributed by atoms with Crippen molar-refractivity contribution >= 4 is 44.6 Å². The fourth-order valence-electron chi connectivity index (χ4n) is 2.71. The number of carbonyl (C=O) groups is 1. The van der Waals surface area contributed by atoms with Crippen molar-refractivity contribution in [1.29, 1.82) is 0 Å². The highest BCUT2D eigenvalue weighted by molar-refractivity contribution is 7.91. The fraction of sp³-hybridized carbons (Fsp3) is 0.312. The zero-order chi connectivity index (χ0) is 17.3. The van der Waals surface area contributed by atoms with Gasteiger partial charge in [-0.3, -0.25) is 4.79 Å². The lowest BCUT2D eigenvalue weighted by atomic mass is 10.2. The zero-order valence-electron chi connectivity index (χ0n) is 13.0. The van der Waals surface area contributed by atoms with Crippen LogP contribution in [0.2, 0.25) is 5.02 Å². The molecule has 1 N–H and O–H groups in total. The van der Waals surface area contributed by atoms with E-state index in [9.17, 15) is 13.2 Å². The van der Waals surface area contributed by atoms with Gasteiger partial charge < -0.3 is 5.32 Å². The largest absolute Gasteiger partial charge is 0.325 e. The van der Waals surface area contributed by atoms with Gasteiger partial charge in [0.1, 0.15) is 10.3 Å². The van der Waals surface area contributed by atoms with Crippen molar-refractivity contribution in [1.82, 2.24) is 4.31 Å². The van der Waals surface area contributed by atoms with Crippen LogP contribution in [-0.2, 0) is 14.8 Å². The Kier molecular flexibility index (Phi) is 4.96. The van der Waals surface area contributed by atoms with Crippen LogP contribution in [0.1, 0.15) is 18.4 Å². The average molecular weight is 385 g/mol. The lowest BCUT2D eigenvalue weighted by molar-refractivity contribution is -0.119. The van der Waals surface area contributed by atoms with Gasteiger partial charge in [-0.25, -0.2) is 8.42 Å². The number of anilines is 1. The second-order valence-electron chi connectivity index (χ2n) is 5.66. The van der Waals surface area contributed by atoms with Gasteiger partial charge in [0.15, 0.2) is 0 Å². The molecule has 0 aliphatic carbocycles. The van der Waals surface area contributed by atoms with Crippen molar-refractivity contribution in [3.8, 4) is 0 Å². The fourth-order valence-corrected chi connectivity index (χ4v) is 5.67. The van der Waals surface area contributed by atoms with Crippen LogP contribution in [-0.4, -0.2) is 31.2 Å². The molecule has 2 heterocycles. The lowest BCUT2D eigenvalue weighted by Crippen LogP contribution is -2.42. The summed E-state index contributed by atoms with van der Waals surface area (Å²) in [6.45, 7) is 2.23. The van der Waals surface area contributed by atoms with E-state index in [4.69, 9.17) is 11.6 Å². The summed E-state index contributed by atoms with van der Waals surface area (Å²) in [5, 5.41) is 5.05. The summed E-state index contributed by atoms with van der Waals surface area (Å²) in [7, 11) is -3.63. The van der Waals surface area contributed by atoms with Gasteiger partial charge in [-0.2, -0.15) is 4.31 Å². The van der Waals surface area contributed by atoms with E-state index < -0.39 is 16.1 Å². The van der Waals surface area contributed by atoms with Crippen molar-refractivity contribution in [3.05, 3.63) is 46.3 Å². The standard InChI is InChI=1S/C16H17ClN2O3S2/c1-11-6-7-12(10-13(11)17)18-16(20)14-4-2-8-19(14)24(21,22)15-5-3-9-23-15/h3,5-7,9-10,14H,2,4,8H2,1H3,(H,18,20). The van der Waals surface area contributed by atoms with Crippen LogP contribution in [0.5, 0.6) is 0 Å². The Bertz CT molecular complexity index is 850. The number of hydrogen-bond acceptors (Lipinski definition) is 4. The molecule has 0 bridgehead atoms. The molecule has 1 unspecified atom stereocenters. The van der Waals surface area contributed by atoms with Gasteiger partial charge in [-0.15, -0.1) is 11.3 Å². The van der Waals surface area contributed by atoms with Gasteiger partial charge in [-0.1, -0.05) is 23.7 Å². The molecule has 2 aromatic rings. The first-order valence-electron chi connectivity index (χ1n) is 7.52. The zero-order valence-corrected chi connectivity index (χ0v) is 15.4. The Balaban J connectivity index is 1.80. The highest BCUT2D eigenvalue weighted by Crippen LogP contribution is 2.29. The number of nitrogens with zero attached hydrogens (tertiary/aromatic N) is 1. The van der Waals surface area contributed by atoms with E-state index in [1.807, 2.05) is 13.0 Å². The summed E-state index contributed by atoms with van der Waals surface area (Å²) in [6, 6.07) is 7.79. The molecule has 1 aromatic heterocycles. The number of halogens is 1. The number of amides is 1. The van der Waals surface area contributed by atoms with Crippen molar-refractivity contribution < 1.29 is 13.2 Å². The lowest BCUT2D eigenvalue weighted by Gasteiger charge is -2.22. The van der Waals surface area contributed by atoms with Crippen molar-refractivity contribution in [2.45, 2.75) is 30.0 Å². The predicted molar refractivity (Wildman–Crippen MR) is 96.1 cm³/mol. The molecule has 24 heavy (non-hydrogen) atoms. The van der Waals surface area contributed by atoms with E-state index in [0.29, 0.717) is 30.1 Å². The Labute approximate surface area is 150 Å². The number of rotatable bonds is 4. The highest BCUT2D eigenvalue weighted by atomic mass is 35.5. The van der Waals surface area contributed by atoms with Gasteiger partial charge in [-0.05, 0) is 48.9 Å². The summed E-state index contributed by atoms with van der Waals surface area (Å²) in [5.74, 6) is -0.326. The van der Waals surface area contributed by atoms with Crippen LogP contribution in [0.4, 0.5) is 5.69 Å². The molecule has 1 amide bonds. The molecule has 8 heteroatoms. The summed E-state index contributed by atoms with van der Waals surface area (Å²) < 4.78 is 27.0. The summed E-state index contributed by atoms with van der Waals surface area (Å²) in [6.07, 6.45) is 1.17. The van der Waals surface area contributed by atoms with Gasteiger partial charge in [0.05, 0.1) is 0 Å². The number of hydrogen-bond donors (Lipinski definition) is 1. The van der Waals surface area contributed by atoms with Crippen LogP contribution >= 0.6 is 22.9 Å². The minimum absolute atomic E-state index is 0.264. The molecule has 1 fully saturated rings. The van der Waals surface area contributed by atoms with E-state index >= 15 is 0 Å². The molecule has 0 saturated carbocycles. The summed E-state index contributed by atoms with van der Waals surface area (Å²) >= 11 is 7.23. The first-order valence-corrected chi connectivity index (χ1v) is 10.2. The Hall–Kier alpha value is -1.41. The number of thiophene rings is 1. The molecule has 1 aromatic carbocycles. The number of sulfonamides is 1. The average Bonchev–Trinajstić information content (AvgIpc) is 3.22. The van der Waals surface area contributed by atoms with Crippen molar-refractivity contribution in [2.75, 3.05) is 11.9 Å². The topological polar surface area (TPSA) is 66.5 Å². The van der Waals surface area contributed by atoms with Crippen LogP contribution < -0.4 is 5.32 Å². The van der Waals surface area contributed by atoms with Crippen LogP contribution in [0.25, 0.3) is 0 Å². The molecule has 128 valence electrons. The van der Waals surface area contributed by atoms with Crippen molar-refractivity contribution in [3.63, 3.8) is 0 Å².